The van der Waals surface area contributed by atoms with E-state index >= 15 is 0 Å². The van der Waals surface area contributed by atoms with Crippen molar-refractivity contribution in [1.82, 2.24) is 15.1 Å². The topological polar surface area (TPSA) is 18.5 Å². The average Bonchev–Trinajstić information content (AvgIpc) is 2.40. The van der Waals surface area contributed by atoms with Gasteiger partial charge in [-0.2, -0.15) is 0 Å². The molecule has 1 N–H and O–H groups in total. The van der Waals surface area contributed by atoms with E-state index in [4.69, 9.17) is 0 Å². The lowest BCUT2D eigenvalue weighted by Crippen LogP contribution is -2.58. The van der Waals surface area contributed by atoms with E-state index in [9.17, 15) is 0 Å². The highest BCUT2D eigenvalue weighted by molar-refractivity contribution is 4.88. The molecular weight excluding hydrogens is 234 g/mol. The number of nitrogens with one attached hydrogen (secondary N) is 1. The second kappa shape index (κ2) is 9.73. The van der Waals surface area contributed by atoms with Gasteiger partial charge in [0.05, 0.1) is 0 Å². The Kier molecular flexibility index (Phi) is 8.67. The van der Waals surface area contributed by atoms with E-state index in [1.54, 1.807) is 0 Å². The Hall–Kier alpha value is -0.120. The number of hydrogen-bond donors (Lipinski definition) is 1. The molecule has 2 unspecified atom stereocenters. The molecular formula is C16H35N3. The SMILES string of the molecule is CCCCCCCC(NCC)C1CN(C)CCN1C. The van der Waals surface area contributed by atoms with Crippen LogP contribution in [-0.2, 0) is 0 Å². The number of piperazine rings is 1. The molecule has 1 fully saturated rings. The maximum atomic E-state index is 3.73. The van der Waals surface area contributed by atoms with Gasteiger partial charge < -0.3 is 10.2 Å². The number of unbranched alkanes of at least 4 members (excludes halogenated alkanes) is 4. The molecule has 0 amide bonds. The van der Waals surface area contributed by atoms with Crippen molar-refractivity contribution in [2.75, 3.05) is 40.3 Å². The summed E-state index contributed by atoms with van der Waals surface area (Å²) in [6, 6.07) is 1.35. The van der Waals surface area contributed by atoms with Crippen LogP contribution in [0.3, 0.4) is 0 Å². The third-order valence-corrected chi connectivity index (χ3v) is 4.45. The summed E-state index contributed by atoms with van der Waals surface area (Å²) in [7, 11) is 4.54. The lowest BCUT2D eigenvalue weighted by atomic mass is 9.97. The first kappa shape index (κ1) is 16.9. The summed E-state index contributed by atoms with van der Waals surface area (Å²) in [6.45, 7) is 9.24. The molecule has 0 saturated carbocycles. The molecule has 0 aliphatic carbocycles. The van der Waals surface area contributed by atoms with E-state index in [0.29, 0.717) is 12.1 Å². The maximum absolute atomic E-state index is 3.73. The molecule has 0 aromatic rings. The fraction of sp³-hybridized carbons (Fsp3) is 1.00. The highest BCUT2D eigenvalue weighted by Gasteiger charge is 2.28. The van der Waals surface area contributed by atoms with Crippen LogP contribution in [0.1, 0.15) is 52.4 Å². The Labute approximate surface area is 120 Å². The highest BCUT2D eigenvalue weighted by Crippen LogP contribution is 2.16. The Morgan fingerprint density at radius 1 is 1.05 bits per heavy atom. The Morgan fingerprint density at radius 2 is 1.79 bits per heavy atom. The van der Waals surface area contributed by atoms with Gasteiger partial charge in [0.15, 0.2) is 0 Å². The van der Waals surface area contributed by atoms with Crippen molar-refractivity contribution in [1.29, 1.82) is 0 Å². The van der Waals surface area contributed by atoms with Gasteiger partial charge in [-0.1, -0.05) is 46.0 Å². The molecule has 19 heavy (non-hydrogen) atoms. The second-order valence-corrected chi connectivity index (χ2v) is 6.18. The van der Waals surface area contributed by atoms with E-state index in [1.807, 2.05) is 0 Å². The van der Waals surface area contributed by atoms with Crippen molar-refractivity contribution in [2.45, 2.75) is 64.5 Å². The lowest BCUT2D eigenvalue weighted by Gasteiger charge is -2.42. The molecule has 0 radical (unpaired) electrons. The fourth-order valence-corrected chi connectivity index (χ4v) is 3.14. The van der Waals surface area contributed by atoms with Crippen molar-refractivity contribution < 1.29 is 0 Å². The predicted octanol–water partition coefficient (Wildman–Crippen LogP) is 2.57. The summed E-state index contributed by atoms with van der Waals surface area (Å²) < 4.78 is 0. The van der Waals surface area contributed by atoms with Gasteiger partial charge in [-0.3, -0.25) is 4.90 Å². The summed E-state index contributed by atoms with van der Waals surface area (Å²) in [5.41, 5.74) is 0. The van der Waals surface area contributed by atoms with Gasteiger partial charge in [0, 0.05) is 31.7 Å². The lowest BCUT2D eigenvalue weighted by molar-refractivity contribution is 0.0849. The number of hydrogen-bond acceptors (Lipinski definition) is 3. The molecule has 1 rings (SSSR count). The van der Waals surface area contributed by atoms with E-state index in [0.717, 1.165) is 6.54 Å². The van der Waals surface area contributed by atoms with Crippen LogP contribution in [0.25, 0.3) is 0 Å². The number of rotatable bonds is 9. The summed E-state index contributed by atoms with van der Waals surface area (Å²) >= 11 is 0. The maximum Gasteiger partial charge on any atom is 0.0373 e. The Balaban J connectivity index is 2.36. The molecule has 0 bridgehead atoms. The van der Waals surface area contributed by atoms with Crippen LogP contribution in [0, 0.1) is 0 Å². The zero-order valence-corrected chi connectivity index (χ0v) is 13.6. The van der Waals surface area contributed by atoms with Crippen molar-refractivity contribution >= 4 is 0 Å². The summed E-state index contributed by atoms with van der Waals surface area (Å²) in [4.78, 5) is 5.03. The van der Waals surface area contributed by atoms with Gasteiger partial charge in [-0.05, 0) is 27.1 Å². The molecule has 1 aliphatic rings. The first-order valence-electron chi connectivity index (χ1n) is 8.31. The van der Waals surface area contributed by atoms with Crippen LogP contribution in [0.15, 0.2) is 0 Å². The smallest absolute Gasteiger partial charge is 0.0373 e. The Bertz CT molecular complexity index is 220. The number of nitrogens with zero attached hydrogens (tertiary/aromatic N) is 2. The van der Waals surface area contributed by atoms with E-state index in [1.165, 1.54) is 58.2 Å². The van der Waals surface area contributed by atoms with Crippen LogP contribution >= 0.6 is 0 Å². The molecule has 1 heterocycles. The summed E-state index contributed by atoms with van der Waals surface area (Å²) in [5.74, 6) is 0. The first-order valence-corrected chi connectivity index (χ1v) is 8.31. The van der Waals surface area contributed by atoms with E-state index in [2.05, 4.69) is 43.1 Å². The van der Waals surface area contributed by atoms with Crippen LogP contribution in [0.2, 0.25) is 0 Å². The normalized spacial score (nSPS) is 23.7. The predicted molar refractivity (Wildman–Crippen MR) is 84.8 cm³/mol. The minimum Gasteiger partial charge on any atom is -0.313 e. The van der Waals surface area contributed by atoms with Crippen LogP contribution < -0.4 is 5.32 Å². The highest BCUT2D eigenvalue weighted by atomic mass is 15.3. The first-order chi connectivity index (χ1) is 9.19. The van der Waals surface area contributed by atoms with Gasteiger partial charge in [0.25, 0.3) is 0 Å². The van der Waals surface area contributed by atoms with Gasteiger partial charge in [-0.15, -0.1) is 0 Å². The summed E-state index contributed by atoms with van der Waals surface area (Å²) in [6.07, 6.45) is 8.27. The van der Waals surface area contributed by atoms with Gasteiger partial charge >= 0.3 is 0 Å². The van der Waals surface area contributed by atoms with Crippen LogP contribution in [0.4, 0.5) is 0 Å². The molecule has 3 nitrogen and oxygen atoms in total. The molecule has 0 aromatic heterocycles. The second-order valence-electron chi connectivity index (χ2n) is 6.18. The largest absolute Gasteiger partial charge is 0.313 e. The van der Waals surface area contributed by atoms with Gasteiger partial charge in [0.1, 0.15) is 0 Å². The minimum absolute atomic E-state index is 0.666. The average molecular weight is 269 g/mol. The van der Waals surface area contributed by atoms with Gasteiger partial charge in [0.2, 0.25) is 0 Å². The van der Waals surface area contributed by atoms with Crippen LogP contribution in [0.5, 0.6) is 0 Å². The quantitative estimate of drug-likeness (QED) is 0.649. The third kappa shape index (κ3) is 6.24. The molecule has 114 valence electrons. The van der Waals surface area contributed by atoms with Crippen molar-refractivity contribution in [3.63, 3.8) is 0 Å². The monoisotopic (exact) mass is 269 g/mol. The third-order valence-electron chi connectivity index (χ3n) is 4.45. The molecule has 2 atom stereocenters. The van der Waals surface area contributed by atoms with Crippen molar-refractivity contribution in [2.24, 2.45) is 0 Å². The minimum atomic E-state index is 0.666. The van der Waals surface area contributed by atoms with Crippen LogP contribution in [-0.4, -0.2) is 62.2 Å². The standard InChI is InChI=1S/C16H35N3/c1-5-7-8-9-10-11-15(17-6-2)16-14-18(3)12-13-19(16)4/h15-17H,5-14H2,1-4H3. The molecule has 1 saturated heterocycles. The van der Waals surface area contributed by atoms with Gasteiger partial charge in [-0.25, -0.2) is 0 Å². The molecule has 3 heteroatoms. The Morgan fingerprint density at radius 3 is 2.47 bits per heavy atom. The fourth-order valence-electron chi connectivity index (χ4n) is 3.14. The zero-order chi connectivity index (χ0) is 14.1. The number of likely N-dealkylation sites (N-methyl/N-ethyl adjacent to an activating group) is 3. The molecule has 0 aromatic carbocycles. The van der Waals surface area contributed by atoms with Crippen molar-refractivity contribution in [3.8, 4) is 0 Å². The van der Waals surface area contributed by atoms with E-state index in [-0.39, 0.29) is 0 Å². The van der Waals surface area contributed by atoms with Crippen molar-refractivity contribution in [3.05, 3.63) is 0 Å². The molecule has 1 aliphatic heterocycles. The molecule has 0 spiro atoms. The zero-order valence-electron chi connectivity index (χ0n) is 13.6. The van der Waals surface area contributed by atoms with E-state index < -0.39 is 0 Å². The summed E-state index contributed by atoms with van der Waals surface area (Å²) in [5, 5.41) is 3.73.